The minimum atomic E-state index is -3.37. The second-order valence-electron chi connectivity index (χ2n) is 5.31. The lowest BCUT2D eigenvalue weighted by atomic mass is 10.0. The Balaban J connectivity index is 2.15. The zero-order chi connectivity index (χ0) is 17.5. The van der Waals surface area contributed by atoms with Gasteiger partial charge >= 0.3 is 0 Å². The third-order valence-electron chi connectivity index (χ3n) is 3.60. The Morgan fingerprint density at radius 1 is 0.833 bits per heavy atom. The van der Waals surface area contributed by atoms with Crippen molar-refractivity contribution in [3.8, 4) is 22.4 Å². The third kappa shape index (κ3) is 2.94. The molecule has 1 heterocycles. The number of rotatable bonds is 3. The Morgan fingerprint density at radius 3 is 1.92 bits per heavy atom. The first-order chi connectivity index (χ1) is 11.3. The third-order valence-corrected chi connectivity index (χ3v) is 4.73. The average molecular weight is 351 g/mol. The second-order valence-corrected chi connectivity index (χ2v) is 7.32. The molecule has 0 aliphatic rings. The van der Waals surface area contributed by atoms with E-state index < -0.39 is 27.4 Å². The summed E-state index contributed by atoms with van der Waals surface area (Å²) in [5.74, 6) is -2.71. The first-order valence-electron chi connectivity index (χ1n) is 6.91. The van der Waals surface area contributed by atoms with Crippen LogP contribution in [-0.2, 0) is 9.84 Å². The normalized spacial score (nSPS) is 11.7. The highest BCUT2D eigenvalue weighted by atomic mass is 32.2. The van der Waals surface area contributed by atoms with Gasteiger partial charge in [0.15, 0.2) is 15.7 Å². The zero-order valence-electron chi connectivity index (χ0n) is 12.5. The van der Waals surface area contributed by atoms with Gasteiger partial charge in [0.1, 0.15) is 5.82 Å². The Labute approximate surface area is 136 Å². The monoisotopic (exact) mass is 351 g/mol. The van der Waals surface area contributed by atoms with Crippen molar-refractivity contribution in [3.05, 3.63) is 66.1 Å². The van der Waals surface area contributed by atoms with Crippen molar-refractivity contribution < 1.29 is 21.6 Å². The van der Waals surface area contributed by atoms with Gasteiger partial charge in [-0.15, -0.1) is 0 Å². The maximum atomic E-state index is 14.2. The van der Waals surface area contributed by atoms with Crippen LogP contribution in [0.2, 0.25) is 0 Å². The van der Waals surface area contributed by atoms with Gasteiger partial charge in [-0.25, -0.2) is 17.2 Å². The molecule has 0 saturated heterocycles. The van der Waals surface area contributed by atoms with Gasteiger partial charge in [-0.05, 0) is 35.4 Å². The molecule has 2 aromatic carbocycles. The van der Waals surface area contributed by atoms with E-state index in [-0.39, 0.29) is 16.2 Å². The smallest absolute Gasteiger partial charge is 0.228 e. The summed E-state index contributed by atoms with van der Waals surface area (Å²) in [7, 11) is -3.37. The summed E-state index contributed by atoms with van der Waals surface area (Å²) in [5.41, 5.74) is 0.817. The fraction of sp³-hybridized carbons (Fsp3) is 0.0588. The van der Waals surface area contributed by atoms with E-state index in [0.29, 0.717) is 11.1 Å². The van der Waals surface area contributed by atoms with Gasteiger partial charge in [-0.1, -0.05) is 24.3 Å². The predicted molar refractivity (Wildman–Crippen MR) is 84.6 cm³/mol. The maximum absolute atomic E-state index is 14.2. The summed E-state index contributed by atoms with van der Waals surface area (Å²) < 4.78 is 63.9. The van der Waals surface area contributed by atoms with E-state index in [9.17, 15) is 21.6 Å². The molecule has 0 unspecified atom stereocenters. The van der Waals surface area contributed by atoms with E-state index in [1.165, 1.54) is 36.4 Å². The van der Waals surface area contributed by atoms with Gasteiger partial charge < -0.3 is 4.98 Å². The molecule has 0 aliphatic carbocycles. The lowest BCUT2D eigenvalue weighted by Crippen LogP contribution is -1.96. The highest BCUT2D eigenvalue weighted by Gasteiger charge is 2.21. The van der Waals surface area contributed by atoms with Crippen LogP contribution < -0.4 is 0 Å². The van der Waals surface area contributed by atoms with E-state index in [0.717, 1.165) is 18.4 Å². The molecule has 1 aromatic heterocycles. The van der Waals surface area contributed by atoms with Crippen LogP contribution in [0.15, 0.2) is 53.4 Å². The average Bonchev–Trinajstić information content (AvgIpc) is 2.83. The summed E-state index contributed by atoms with van der Waals surface area (Å²) in [4.78, 5) is 2.41. The fourth-order valence-electron chi connectivity index (χ4n) is 2.42. The molecule has 0 radical (unpaired) electrons. The number of hydrogen-bond donors (Lipinski definition) is 1. The summed E-state index contributed by atoms with van der Waals surface area (Å²) in [6.07, 6.45) is 1.07. The van der Waals surface area contributed by atoms with Crippen LogP contribution in [0.3, 0.4) is 0 Å². The molecule has 3 rings (SSSR count). The Bertz CT molecular complexity index is 992. The van der Waals surface area contributed by atoms with Crippen LogP contribution in [-0.4, -0.2) is 19.7 Å². The lowest BCUT2D eigenvalue weighted by Gasteiger charge is -2.06. The number of nitrogens with one attached hydrogen (secondary N) is 1. The molecular formula is C17H12F3NO2S. The molecule has 1 N–H and O–H groups in total. The molecule has 0 atom stereocenters. The van der Waals surface area contributed by atoms with Gasteiger partial charge in [0.05, 0.1) is 10.6 Å². The van der Waals surface area contributed by atoms with Crippen molar-refractivity contribution in [3.63, 3.8) is 0 Å². The number of sulfone groups is 1. The van der Waals surface area contributed by atoms with Crippen LogP contribution in [0.5, 0.6) is 0 Å². The second kappa shape index (κ2) is 5.83. The molecule has 0 spiro atoms. The highest BCUT2D eigenvalue weighted by molar-refractivity contribution is 7.90. The van der Waals surface area contributed by atoms with Crippen molar-refractivity contribution in [2.24, 2.45) is 0 Å². The molecule has 0 saturated carbocycles. The molecule has 24 heavy (non-hydrogen) atoms. The number of aromatic nitrogens is 1. The Morgan fingerprint density at radius 2 is 1.38 bits per heavy atom. The number of hydrogen-bond acceptors (Lipinski definition) is 2. The number of halogens is 3. The standard InChI is InChI=1S/C17H12F3NO2S/c1-24(22,23)13-8-4-11(5-9-13)16-14(15(19)17(20)21-16)10-2-6-12(18)7-3-10/h2-9,21H,1H3. The first-order valence-corrected chi connectivity index (χ1v) is 8.80. The van der Waals surface area contributed by atoms with Crippen LogP contribution in [0.4, 0.5) is 13.2 Å². The molecule has 0 aliphatic heterocycles. The molecule has 0 amide bonds. The molecule has 0 bridgehead atoms. The van der Waals surface area contributed by atoms with Gasteiger partial charge in [0, 0.05) is 11.8 Å². The van der Waals surface area contributed by atoms with Crippen molar-refractivity contribution in [2.75, 3.05) is 6.26 Å². The molecule has 3 aromatic rings. The van der Waals surface area contributed by atoms with Crippen LogP contribution in [0.1, 0.15) is 0 Å². The van der Waals surface area contributed by atoms with E-state index in [1.807, 2.05) is 0 Å². The Kier molecular flexibility index (Phi) is 3.96. The summed E-state index contributed by atoms with van der Waals surface area (Å²) >= 11 is 0. The Hall–Kier alpha value is -2.54. The van der Waals surface area contributed by atoms with Crippen LogP contribution >= 0.6 is 0 Å². The van der Waals surface area contributed by atoms with E-state index in [2.05, 4.69) is 4.98 Å². The van der Waals surface area contributed by atoms with Gasteiger partial charge in [0.2, 0.25) is 5.95 Å². The maximum Gasteiger partial charge on any atom is 0.228 e. The SMILES string of the molecule is CS(=O)(=O)c1ccc(-c2[nH]c(F)c(F)c2-c2ccc(F)cc2)cc1. The van der Waals surface area contributed by atoms with E-state index >= 15 is 0 Å². The van der Waals surface area contributed by atoms with Crippen molar-refractivity contribution >= 4 is 9.84 Å². The quantitative estimate of drug-likeness (QED) is 0.770. The summed E-state index contributed by atoms with van der Waals surface area (Å²) in [6.45, 7) is 0. The minimum absolute atomic E-state index is 0.0420. The molecule has 3 nitrogen and oxygen atoms in total. The van der Waals surface area contributed by atoms with E-state index in [1.54, 1.807) is 0 Å². The molecule has 0 fully saturated rings. The number of H-pyrrole nitrogens is 1. The van der Waals surface area contributed by atoms with Gasteiger partial charge in [-0.2, -0.15) is 4.39 Å². The minimum Gasteiger partial charge on any atom is -0.328 e. The number of benzene rings is 2. The van der Waals surface area contributed by atoms with Crippen molar-refractivity contribution in [1.29, 1.82) is 0 Å². The summed E-state index contributed by atoms with van der Waals surface area (Å²) in [6, 6.07) is 10.6. The zero-order valence-corrected chi connectivity index (χ0v) is 13.3. The topological polar surface area (TPSA) is 49.9 Å². The van der Waals surface area contributed by atoms with Crippen molar-refractivity contribution in [2.45, 2.75) is 4.90 Å². The molecular weight excluding hydrogens is 339 g/mol. The number of aromatic amines is 1. The molecule has 7 heteroatoms. The first kappa shape index (κ1) is 16.3. The van der Waals surface area contributed by atoms with Crippen molar-refractivity contribution in [1.82, 2.24) is 4.98 Å². The molecule has 124 valence electrons. The lowest BCUT2D eigenvalue weighted by molar-refractivity contribution is 0.494. The van der Waals surface area contributed by atoms with Crippen LogP contribution in [0, 0.1) is 17.6 Å². The largest absolute Gasteiger partial charge is 0.328 e. The predicted octanol–water partition coefficient (Wildman–Crippen LogP) is 4.17. The highest BCUT2D eigenvalue weighted by Crippen LogP contribution is 2.35. The van der Waals surface area contributed by atoms with E-state index in [4.69, 9.17) is 0 Å². The van der Waals surface area contributed by atoms with Gasteiger partial charge in [-0.3, -0.25) is 0 Å². The van der Waals surface area contributed by atoms with Gasteiger partial charge in [0.25, 0.3) is 0 Å². The summed E-state index contributed by atoms with van der Waals surface area (Å²) in [5, 5.41) is 0. The van der Waals surface area contributed by atoms with Crippen LogP contribution in [0.25, 0.3) is 22.4 Å². The fourth-order valence-corrected chi connectivity index (χ4v) is 3.05.